The molecule has 4 nitrogen and oxygen atoms in total. The minimum atomic E-state index is -0.754. The van der Waals surface area contributed by atoms with E-state index in [1.54, 1.807) is 42.5 Å². The van der Waals surface area contributed by atoms with Crippen LogP contribution in [-0.4, -0.2) is 18.4 Å². The van der Waals surface area contributed by atoms with Crippen molar-refractivity contribution in [2.45, 2.75) is 6.42 Å². The third-order valence-electron chi connectivity index (χ3n) is 2.95. The Hall–Kier alpha value is -2.21. The molecule has 2 rings (SSSR count). The van der Waals surface area contributed by atoms with Crippen molar-refractivity contribution in [2.75, 3.05) is 11.9 Å². The maximum absolute atomic E-state index is 13.4. The predicted octanol–water partition coefficient (Wildman–Crippen LogP) is 2.89. The van der Waals surface area contributed by atoms with Crippen molar-refractivity contribution in [3.8, 4) is 0 Å². The molecule has 0 aliphatic heterocycles. The molecule has 6 heteroatoms. The largest absolute Gasteiger partial charge is 0.347 e. The number of nitrogens with one attached hydrogen (secondary N) is 2. The SMILES string of the molecule is O=C(NCCc1ccccc1F)C(=O)Nc1ccc(Br)cc1. The summed E-state index contributed by atoms with van der Waals surface area (Å²) < 4.78 is 14.3. The van der Waals surface area contributed by atoms with Crippen LogP contribution in [0.2, 0.25) is 0 Å². The van der Waals surface area contributed by atoms with E-state index < -0.39 is 11.8 Å². The van der Waals surface area contributed by atoms with Crippen molar-refractivity contribution in [1.82, 2.24) is 5.32 Å². The van der Waals surface area contributed by atoms with Gasteiger partial charge in [0.25, 0.3) is 0 Å². The summed E-state index contributed by atoms with van der Waals surface area (Å²) in [5.41, 5.74) is 1.02. The van der Waals surface area contributed by atoms with Crippen molar-refractivity contribution in [1.29, 1.82) is 0 Å². The second-order valence-electron chi connectivity index (χ2n) is 4.56. The molecule has 0 heterocycles. The Balaban J connectivity index is 1.80. The van der Waals surface area contributed by atoms with Crippen molar-refractivity contribution in [3.63, 3.8) is 0 Å². The van der Waals surface area contributed by atoms with Crippen LogP contribution in [-0.2, 0) is 16.0 Å². The van der Waals surface area contributed by atoms with E-state index in [2.05, 4.69) is 26.6 Å². The summed E-state index contributed by atoms with van der Waals surface area (Å²) in [7, 11) is 0. The van der Waals surface area contributed by atoms with Crippen LogP contribution in [0.15, 0.2) is 53.0 Å². The van der Waals surface area contributed by atoms with E-state index in [1.807, 2.05) is 0 Å². The van der Waals surface area contributed by atoms with E-state index in [0.29, 0.717) is 17.7 Å². The molecule has 2 aromatic rings. The van der Waals surface area contributed by atoms with Crippen LogP contribution in [0.5, 0.6) is 0 Å². The molecule has 0 radical (unpaired) electrons. The molecule has 2 aromatic carbocycles. The molecule has 0 aliphatic rings. The van der Waals surface area contributed by atoms with Crippen molar-refractivity contribution in [3.05, 3.63) is 64.4 Å². The van der Waals surface area contributed by atoms with Crippen molar-refractivity contribution in [2.24, 2.45) is 0 Å². The van der Waals surface area contributed by atoms with E-state index in [0.717, 1.165) is 4.47 Å². The molecule has 0 atom stereocenters. The summed E-state index contributed by atoms with van der Waals surface area (Å²) in [6.07, 6.45) is 0.323. The molecule has 114 valence electrons. The summed E-state index contributed by atoms with van der Waals surface area (Å²) in [4.78, 5) is 23.4. The van der Waals surface area contributed by atoms with E-state index in [9.17, 15) is 14.0 Å². The number of carbonyl (C=O) groups excluding carboxylic acids is 2. The van der Waals surface area contributed by atoms with Crippen molar-refractivity contribution >= 4 is 33.4 Å². The second kappa shape index (κ2) is 7.70. The van der Waals surface area contributed by atoms with Gasteiger partial charge in [0.1, 0.15) is 5.82 Å². The number of halogens is 2. The number of hydrogen-bond donors (Lipinski definition) is 2. The minimum Gasteiger partial charge on any atom is -0.347 e. The Kier molecular flexibility index (Phi) is 5.66. The molecular formula is C16H14BrFN2O2. The molecule has 2 amide bonds. The van der Waals surface area contributed by atoms with E-state index in [4.69, 9.17) is 0 Å². The fourth-order valence-electron chi connectivity index (χ4n) is 1.81. The van der Waals surface area contributed by atoms with Gasteiger partial charge in [-0.05, 0) is 42.3 Å². The highest BCUT2D eigenvalue weighted by Crippen LogP contribution is 2.13. The molecule has 0 fully saturated rings. The normalized spacial score (nSPS) is 10.1. The maximum Gasteiger partial charge on any atom is 0.313 e. The molecule has 22 heavy (non-hydrogen) atoms. The number of amides is 2. The van der Waals surface area contributed by atoms with E-state index in [-0.39, 0.29) is 12.4 Å². The molecule has 0 saturated heterocycles. The van der Waals surface area contributed by atoms with Gasteiger partial charge in [-0.25, -0.2) is 4.39 Å². The third-order valence-corrected chi connectivity index (χ3v) is 3.47. The first-order valence-corrected chi connectivity index (χ1v) is 7.44. The van der Waals surface area contributed by atoms with Crippen LogP contribution in [0, 0.1) is 5.82 Å². The topological polar surface area (TPSA) is 58.2 Å². The summed E-state index contributed by atoms with van der Waals surface area (Å²) in [6.45, 7) is 0.188. The van der Waals surface area contributed by atoms with Gasteiger partial charge in [-0.1, -0.05) is 34.1 Å². The van der Waals surface area contributed by atoms with Crippen LogP contribution in [0.1, 0.15) is 5.56 Å². The van der Waals surface area contributed by atoms with Gasteiger partial charge < -0.3 is 10.6 Å². The van der Waals surface area contributed by atoms with Crippen LogP contribution < -0.4 is 10.6 Å². The standard InChI is InChI=1S/C16H14BrFN2O2/c17-12-5-7-13(8-6-12)20-16(22)15(21)19-10-9-11-3-1-2-4-14(11)18/h1-8H,9-10H2,(H,19,21)(H,20,22). The molecule has 0 aliphatic carbocycles. The summed E-state index contributed by atoms with van der Waals surface area (Å²) in [5, 5.41) is 4.95. The van der Waals surface area contributed by atoms with Gasteiger partial charge in [0.2, 0.25) is 0 Å². The summed E-state index contributed by atoms with van der Waals surface area (Å²) >= 11 is 3.28. The molecule has 0 aromatic heterocycles. The van der Waals surface area contributed by atoms with Gasteiger partial charge in [-0.2, -0.15) is 0 Å². The van der Waals surface area contributed by atoms with E-state index >= 15 is 0 Å². The Morgan fingerprint density at radius 1 is 1.00 bits per heavy atom. The van der Waals surface area contributed by atoms with Gasteiger partial charge in [-0.3, -0.25) is 9.59 Å². The molecule has 0 spiro atoms. The van der Waals surface area contributed by atoms with Gasteiger partial charge in [0.05, 0.1) is 0 Å². The first-order chi connectivity index (χ1) is 10.6. The van der Waals surface area contributed by atoms with Crippen molar-refractivity contribution < 1.29 is 14.0 Å². The number of carbonyl (C=O) groups is 2. The lowest BCUT2D eigenvalue weighted by Crippen LogP contribution is -2.36. The lowest BCUT2D eigenvalue weighted by Gasteiger charge is -2.07. The monoisotopic (exact) mass is 364 g/mol. The number of rotatable bonds is 4. The zero-order valence-electron chi connectivity index (χ0n) is 11.6. The third kappa shape index (κ3) is 4.66. The first kappa shape index (κ1) is 16.2. The molecule has 0 bridgehead atoms. The highest BCUT2D eigenvalue weighted by atomic mass is 79.9. The Bertz CT molecular complexity index is 674. The number of hydrogen-bond acceptors (Lipinski definition) is 2. The predicted molar refractivity (Wildman–Crippen MR) is 85.9 cm³/mol. The Morgan fingerprint density at radius 3 is 2.36 bits per heavy atom. The Morgan fingerprint density at radius 2 is 1.68 bits per heavy atom. The lowest BCUT2D eigenvalue weighted by atomic mass is 10.1. The molecule has 0 saturated carbocycles. The van der Waals surface area contributed by atoms with Crippen LogP contribution in [0.25, 0.3) is 0 Å². The average Bonchev–Trinajstić information content (AvgIpc) is 2.51. The zero-order chi connectivity index (χ0) is 15.9. The van der Waals surface area contributed by atoms with Crippen LogP contribution in [0.3, 0.4) is 0 Å². The van der Waals surface area contributed by atoms with Crippen LogP contribution in [0.4, 0.5) is 10.1 Å². The summed E-state index contributed by atoms with van der Waals surface area (Å²) in [5.74, 6) is -1.83. The molecular weight excluding hydrogens is 351 g/mol. The molecule has 0 unspecified atom stereocenters. The van der Waals surface area contributed by atoms with Gasteiger partial charge in [-0.15, -0.1) is 0 Å². The fourth-order valence-corrected chi connectivity index (χ4v) is 2.08. The highest BCUT2D eigenvalue weighted by molar-refractivity contribution is 9.10. The average molecular weight is 365 g/mol. The highest BCUT2D eigenvalue weighted by Gasteiger charge is 2.13. The summed E-state index contributed by atoms with van der Waals surface area (Å²) in [6, 6.07) is 13.2. The second-order valence-corrected chi connectivity index (χ2v) is 5.47. The molecule has 2 N–H and O–H groups in total. The van der Waals surface area contributed by atoms with Crippen LogP contribution >= 0.6 is 15.9 Å². The maximum atomic E-state index is 13.4. The quantitative estimate of drug-likeness (QED) is 0.819. The first-order valence-electron chi connectivity index (χ1n) is 6.64. The van der Waals surface area contributed by atoms with Gasteiger partial charge in [0.15, 0.2) is 0 Å². The minimum absolute atomic E-state index is 0.188. The number of benzene rings is 2. The fraction of sp³-hybridized carbons (Fsp3) is 0.125. The van der Waals surface area contributed by atoms with E-state index in [1.165, 1.54) is 6.07 Å². The van der Waals surface area contributed by atoms with Gasteiger partial charge >= 0.3 is 11.8 Å². The lowest BCUT2D eigenvalue weighted by molar-refractivity contribution is -0.136. The number of anilines is 1. The zero-order valence-corrected chi connectivity index (χ0v) is 13.2. The van der Waals surface area contributed by atoms with Gasteiger partial charge in [0, 0.05) is 16.7 Å². The Labute approximate surface area is 135 Å². The smallest absolute Gasteiger partial charge is 0.313 e.